The van der Waals surface area contributed by atoms with Crippen LogP contribution in [0.1, 0.15) is 15.9 Å². The summed E-state index contributed by atoms with van der Waals surface area (Å²) in [6.07, 6.45) is 4.53. The molecular weight excluding hydrogens is 282 g/mol. The zero-order chi connectivity index (χ0) is 12.3. The number of nitrogens with zero attached hydrogens (tertiary/aromatic N) is 1. The quantitative estimate of drug-likeness (QED) is 0.811. The average Bonchev–Trinajstić information content (AvgIpc) is 2.77. The molecule has 0 N–H and O–H groups in total. The number of hydrogen-bond acceptors (Lipinski definition) is 2. The number of rotatable bonds is 4. The molecule has 0 fully saturated rings. The summed E-state index contributed by atoms with van der Waals surface area (Å²) in [5.41, 5.74) is 1.74. The van der Waals surface area contributed by atoms with Crippen molar-refractivity contribution < 1.29 is 9.53 Å². The molecule has 3 nitrogen and oxygen atoms in total. The number of carbonyl (C=O) groups excluding carboxylic acids is 1. The lowest BCUT2D eigenvalue weighted by atomic mass is 10.2. The highest BCUT2D eigenvalue weighted by Crippen LogP contribution is 2.23. The number of ether oxygens (including phenoxy) is 1. The zero-order valence-corrected chi connectivity index (χ0v) is 11.0. The second-order valence-corrected chi connectivity index (χ2v) is 4.61. The number of methoxy groups -OCH3 is 1. The Morgan fingerprint density at radius 1 is 1.41 bits per heavy atom. The highest BCUT2D eigenvalue weighted by atomic mass is 79.9. The molecule has 4 heteroatoms. The van der Waals surface area contributed by atoms with Crippen LogP contribution in [0.2, 0.25) is 0 Å². The van der Waals surface area contributed by atoms with Gasteiger partial charge in [-0.15, -0.1) is 0 Å². The van der Waals surface area contributed by atoms with E-state index in [1.165, 1.54) is 0 Å². The maximum absolute atomic E-state index is 10.6. The number of halogens is 1. The SMILES string of the molecule is COc1ccc(Br)cc1Cn1ccc(C=O)c1. The maximum atomic E-state index is 10.6. The Labute approximate surface area is 108 Å². The van der Waals surface area contributed by atoms with Gasteiger partial charge in [-0.2, -0.15) is 0 Å². The summed E-state index contributed by atoms with van der Waals surface area (Å²) >= 11 is 3.44. The van der Waals surface area contributed by atoms with Crippen LogP contribution in [0.5, 0.6) is 5.75 Å². The second-order valence-electron chi connectivity index (χ2n) is 3.69. The van der Waals surface area contributed by atoms with Gasteiger partial charge in [0.25, 0.3) is 0 Å². The van der Waals surface area contributed by atoms with Crippen LogP contribution in [-0.2, 0) is 6.54 Å². The molecule has 2 rings (SSSR count). The minimum absolute atomic E-state index is 0.677. The third-order valence-electron chi connectivity index (χ3n) is 2.50. The fourth-order valence-corrected chi connectivity index (χ4v) is 2.10. The van der Waals surface area contributed by atoms with Gasteiger partial charge in [-0.25, -0.2) is 0 Å². The predicted octanol–water partition coefficient (Wildman–Crippen LogP) is 3.12. The maximum Gasteiger partial charge on any atom is 0.151 e. The molecule has 0 bridgehead atoms. The topological polar surface area (TPSA) is 31.2 Å². The van der Waals surface area contributed by atoms with Gasteiger partial charge in [-0.3, -0.25) is 4.79 Å². The van der Waals surface area contributed by atoms with E-state index in [2.05, 4.69) is 15.9 Å². The highest BCUT2D eigenvalue weighted by Gasteiger charge is 2.05. The lowest BCUT2D eigenvalue weighted by Gasteiger charge is -2.09. The molecule has 88 valence electrons. The van der Waals surface area contributed by atoms with Gasteiger partial charge in [-0.05, 0) is 24.3 Å². The van der Waals surface area contributed by atoms with E-state index in [-0.39, 0.29) is 0 Å². The van der Waals surface area contributed by atoms with Crippen LogP contribution in [0.4, 0.5) is 0 Å². The van der Waals surface area contributed by atoms with Crippen LogP contribution in [0.3, 0.4) is 0 Å². The second kappa shape index (κ2) is 5.19. The summed E-state index contributed by atoms with van der Waals surface area (Å²) in [4.78, 5) is 10.6. The first-order chi connectivity index (χ1) is 8.22. The Morgan fingerprint density at radius 3 is 2.88 bits per heavy atom. The van der Waals surface area contributed by atoms with Gasteiger partial charge in [0.15, 0.2) is 6.29 Å². The number of aldehydes is 1. The molecule has 1 aromatic heterocycles. The van der Waals surface area contributed by atoms with E-state index in [4.69, 9.17) is 4.74 Å². The molecule has 0 amide bonds. The fourth-order valence-electron chi connectivity index (χ4n) is 1.69. The summed E-state index contributed by atoms with van der Waals surface area (Å²) in [5, 5.41) is 0. The van der Waals surface area contributed by atoms with E-state index < -0.39 is 0 Å². The molecular formula is C13H12BrNO2. The molecule has 1 aromatic carbocycles. The molecule has 0 saturated carbocycles. The molecule has 0 unspecified atom stereocenters. The van der Waals surface area contributed by atoms with E-state index in [9.17, 15) is 4.79 Å². The van der Waals surface area contributed by atoms with Crippen LogP contribution in [0.25, 0.3) is 0 Å². The average molecular weight is 294 g/mol. The van der Waals surface area contributed by atoms with Crippen molar-refractivity contribution in [3.05, 3.63) is 52.3 Å². The summed E-state index contributed by atoms with van der Waals surface area (Å²) in [5.74, 6) is 0.842. The van der Waals surface area contributed by atoms with Gasteiger partial charge in [0.1, 0.15) is 5.75 Å². The third-order valence-corrected chi connectivity index (χ3v) is 3.00. The molecule has 0 aliphatic rings. The molecule has 0 radical (unpaired) electrons. The first-order valence-corrected chi connectivity index (χ1v) is 5.95. The van der Waals surface area contributed by atoms with Crippen molar-refractivity contribution in [2.45, 2.75) is 6.54 Å². The van der Waals surface area contributed by atoms with E-state index in [0.29, 0.717) is 12.1 Å². The predicted molar refractivity (Wildman–Crippen MR) is 69.6 cm³/mol. The van der Waals surface area contributed by atoms with Gasteiger partial charge in [-0.1, -0.05) is 15.9 Å². The molecule has 0 atom stereocenters. The molecule has 0 saturated heterocycles. The van der Waals surface area contributed by atoms with Crippen LogP contribution in [-0.4, -0.2) is 18.0 Å². The zero-order valence-electron chi connectivity index (χ0n) is 9.39. The molecule has 17 heavy (non-hydrogen) atoms. The van der Waals surface area contributed by atoms with Gasteiger partial charge >= 0.3 is 0 Å². The van der Waals surface area contributed by atoms with Crippen molar-refractivity contribution in [2.24, 2.45) is 0 Å². The number of carbonyl (C=O) groups is 1. The summed E-state index contributed by atoms with van der Waals surface area (Å²) in [6.45, 7) is 0.677. The Morgan fingerprint density at radius 2 is 2.24 bits per heavy atom. The lowest BCUT2D eigenvalue weighted by molar-refractivity contribution is 0.112. The number of benzene rings is 1. The largest absolute Gasteiger partial charge is 0.496 e. The number of aromatic nitrogens is 1. The molecule has 0 aliphatic heterocycles. The fraction of sp³-hybridized carbons (Fsp3) is 0.154. The molecule has 0 aliphatic carbocycles. The van der Waals surface area contributed by atoms with Crippen molar-refractivity contribution in [2.75, 3.05) is 7.11 Å². The lowest BCUT2D eigenvalue weighted by Crippen LogP contribution is -1.99. The van der Waals surface area contributed by atoms with Gasteiger partial charge in [0, 0.05) is 28.0 Å². The van der Waals surface area contributed by atoms with E-state index in [0.717, 1.165) is 22.1 Å². The monoisotopic (exact) mass is 293 g/mol. The van der Waals surface area contributed by atoms with Crippen molar-refractivity contribution in [3.63, 3.8) is 0 Å². The van der Waals surface area contributed by atoms with Crippen LogP contribution in [0.15, 0.2) is 41.1 Å². The van der Waals surface area contributed by atoms with Crippen LogP contribution < -0.4 is 4.74 Å². The molecule has 0 spiro atoms. The van der Waals surface area contributed by atoms with E-state index in [1.54, 1.807) is 13.2 Å². The van der Waals surface area contributed by atoms with E-state index in [1.807, 2.05) is 35.2 Å². The van der Waals surface area contributed by atoms with Crippen LogP contribution >= 0.6 is 15.9 Å². The highest BCUT2D eigenvalue weighted by molar-refractivity contribution is 9.10. The first-order valence-electron chi connectivity index (χ1n) is 5.16. The van der Waals surface area contributed by atoms with Crippen molar-refractivity contribution in [1.82, 2.24) is 4.57 Å². The first kappa shape index (κ1) is 11.9. The smallest absolute Gasteiger partial charge is 0.151 e. The van der Waals surface area contributed by atoms with Gasteiger partial charge in [0.05, 0.1) is 13.7 Å². The Bertz CT molecular complexity index is 534. The Balaban J connectivity index is 2.28. The van der Waals surface area contributed by atoms with Crippen molar-refractivity contribution in [3.8, 4) is 5.75 Å². The third kappa shape index (κ3) is 2.77. The standard InChI is InChI=1S/C13H12BrNO2/c1-17-13-3-2-12(14)6-11(13)8-15-5-4-10(7-15)9-16/h2-7,9H,8H2,1H3. The summed E-state index contributed by atoms with van der Waals surface area (Å²) < 4.78 is 8.26. The molecule has 2 aromatic rings. The molecule has 1 heterocycles. The minimum Gasteiger partial charge on any atom is -0.496 e. The normalized spacial score (nSPS) is 10.2. The van der Waals surface area contributed by atoms with E-state index >= 15 is 0 Å². The Kier molecular flexibility index (Phi) is 3.64. The summed E-state index contributed by atoms with van der Waals surface area (Å²) in [6, 6.07) is 7.66. The van der Waals surface area contributed by atoms with Crippen molar-refractivity contribution >= 4 is 22.2 Å². The van der Waals surface area contributed by atoms with Gasteiger partial charge < -0.3 is 9.30 Å². The van der Waals surface area contributed by atoms with Gasteiger partial charge in [0.2, 0.25) is 0 Å². The van der Waals surface area contributed by atoms with Crippen molar-refractivity contribution in [1.29, 1.82) is 0 Å². The number of hydrogen-bond donors (Lipinski definition) is 0. The Hall–Kier alpha value is -1.55. The van der Waals surface area contributed by atoms with Crippen LogP contribution in [0, 0.1) is 0 Å². The summed E-state index contributed by atoms with van der Waals surface area (Å²) in [7, 11) is 1.65. The minimum atomic E-state index is 0.677.